The second kappa shape index (κ2) is 7.12. The number of aryl methyl sites for hydroxylation is 1. The molecule has 5 rings (SSSR count). The molecular weight excluding hydrogens is 334 g/mol. The van der Waals surface area contributed by atoms with Crippen molar-refractivity contribution >= 4 is 11.0 Å². The Balaban J connectivity index is 1.35. The summed E-state index contributed by atoms with van der Waals surface area (Å²) in [6, 6.07) is 3.18. The molecule has 27 heavy (non-hydrogen) atoms. The molecule has 1 N–H and O–H groups in total. The molecule has 1 saturated heterocycles. The van der Waals surface area contributed by atoms with Gasteiger partial charge in [0.05, 0.1) is 6.20 Å². The maximum atomic E-state index is 4.73. The fourth-order valence-electron chi connectivity index (χ4n) is 5.10. The van der Waals surface area contributed by atoms with E-state index >= 15 is 0 Å². The number of aromatic amines is 1. The number of H-pyrrole nitrogens is 1. The lowest BCUT2D eigenvalue weighted by Crippen LogP contribution is -2.41. The van der Waals surface area contributed by atoms with Gasteiger partial charge in [-0.25, -0.2) is 4.98 Å². The van der Waals surface area contributed by atoms with Gasteiger partial charge >= 0.3 is 0 Å². The average Bonchev–Trinajstić information content (AvgIpc) is 3.34. The summed E-state index contributed by atoms with van der Waals surface area (Å²) in [5.41, 5.74) is 4.73. The molecule has 0 bridgehead atoms. The highest BCUT2D eigenvalue weighted by molar-refractivity contribution is 5.93. The Morgan fingerprint density at radius 1 is 1.04 bits per heavy atom. The Labute approximate surface area is 160 Å². The highest BCUT2D eigenvalue weighted by Crippen LogP contribution is 2.37. The van der Waals surface area contributed by atoms with Crippen LogP contribution in [-0.2, 0) is 7.05 Å². The number of rotatable bonds is 3. The van der Waals surface area contributed by atoms with E-state index in [0.29, 0.717) is 5.92 Å². The lowest BCUT2D eigenvalue weighted by Gasteiger charge is -2.39. The number of aromatic nitrogens is 4. The second-order valence-corrected chi connectivity index (χ2v) is 8.37. The largest absolute Gasteiger partial charge is 0.346 e. The molecule has 142 valence electrons. The molecule has 0 amide bonds. The summed E-state index contributed by atoms with van der Waals surface area (Å²) >= 11 is 0. The van der Waals surface area contributed by atoms with Crippen LogP contribution in [0.5, 0.6) is 0 Å². The molecule has 1 saturated carbocycles. The van der Waals surface area contributed by atoms with Crippen molar-refractivity contribution in [2.24, 2.45) is 7.05 Å². The molecule has 1 aliphatic carbocycles. The first-order valence-electron chi connectivity index (χ1n) is 10.5. The minimum Gasteiger partial charge on any atom is -0.346 e. The quantitative estimate of drug-likeness (QED) is 0.747. The zero-order valence-corrected chi connectivity index (χ0v) is 16.2. The van der Waals surface area contributed by atoms with Gasteiger partial charge in [0.15, 0.2) is 0 Å². The summed E-state index contributed by atoms with van der Waals surface area (Å²) in [6.45, 7) is 2.64. The fourth-order valence-corrected chi connectivity index (χ4v) is 5.10. The lowest BCUT2D eigenvalue weighted by atomic mass is 9.81. The Kier molecular flexibility index (Phi) is 4.48. The SMILES string of the molecule is Cn1cc(-c2c[nH]c3ncc(C4CCC(N5CCCCC5)CC4)cc23)cn1. The summed E-state index contributed by atoms with van der Waals surface area (Å²) < 4.78 is 1.85. The predicted octanol–water partition coefficient (Wildman–Crippen LogP) is 4.48. The number of fused-ring (bicyclic) bond motifs is 1. The summed E-state index contributed by atoms with van der Waals surface area (Å²) in [6.07, 6.45) is 17.6. The fraction of sp³-hybridized carbons (Fsp3) is 0.545. The average molecular weight is 364 g/mol. The molecule has 3 aromatic heterocycles. The highest BCUT2D eigenvalue weighted by atomic mass is 15.2. The predicted molar refractivity (Wildman–Crippen MR) is 109 cm³/mol. The van der Waals surface area contributed by atoms with Crippen molar-refractivity contribution in [1.29, 1.82) is 0 Å². The van der Waals surface area contributed by atoms with Gasteiger partial charge in [0.1, 0.15) is 5.65 Å². The number of hydrogen-bond donors (Lipinski definition) is 1. The van der Waals surface area contributed by atoms with Gasteiger partial charge in [-0.3, -0.25) is 4.68 Å². The summed E-state index contributed by atoms with van der Waals surface area (Å²) in [5, 5.41) is 5.54. The minimum absolute atomic E-state index is 0.652. The molecule has 4 heterocycles. The molecule has 0 atom stereocenters. The van der Waals surface area contributed by atoms with Crippen molar-refractivity contribution < 1.29 is 0 Å². The van der Waals surface area contributed by atoms with Crippen molar-refractivity contribution in [2.45, 2.75) is 56.9 Å². The summed E-state index contributed by atoms with van der Waals surface area (Å²) in [4.78, 5) is 10.8. The van der Waals surface area contributed by atoms with E-state index < -0.39 is 0 Å². The molecular formula is C22H29N5. The Morgan fingerprint density at radius 2 is 1.85 bits per heavy atom. The third-order valence-electron chi connectivity index (χ3n) is 6.64. The van der Waals surface area contributed by atoms with E-state index in [2.05, 4.69) is 39.6 Å². The number of nitrogens with one attached hydrogen (secondary N) is 1. The molecule has 2 aliphatic rings. The first-order chi connectivity index (χ1) is 13.3. The number of nitrogens with zero attached hydrogens (tertiary/aromatic N) is 4. The molecule has 0 radical (unpaired) electrons. The van der Waals surface area contributed by atoms with Gasteiger partial charge in [-0.15, -0.1) is 0 Å². The molecule has 0 unspecified atom stereocenters. The number of piperidine rings is 1. The zero-order valence-electron chi connectivity index (χ0n) is 16.2. The van der Waals surface area contributed by atoms with Crippen molar-refractivity contribution in [3.8, 4) is 11.1 Å². The van der Waals surface area contributed by atoms with Crippen LogP contribution in [0.25, 0.3) is 22.2 Å². The van der Waals surface area contributed by atoms with E-state index in [1.807, 2.05) is 17.9 Å². The van der Waals surface area contributed by atoms with Crippen LogP contribution in [0.1, 0.15) is 56.4 Å². The number of pyridine rings is 1. The van der Waals surface area contributed by atoms with Crippen molar-refractivity contribution in [2.75, 3.05) is 13.1 Å². The van der Waals surface area contributed by atoms with Gasteiger partial charge < -0.3 is 9.88 Å². The van der Waals surface area contributed by atoms with Crippen molar-refractivity contribution in [1.82, 2.24) is 24.6 Å². The van der Waals surface area contributed by atoms with E-state index in [-0.39, 0.29) is 0 Å². The van der Waals surface area contributed by atoms with Gasteiger partial charge in [0, 0.05) is 48.2 Å². The van der Waals surface area contributed by atoms with Gasteiger partial charge in [-0.2, -0.15) is 5.10 Å². The van der Waals surface area contributed by atoms with Crippen LogP contribution < -0.4 is 0 Å². The lowest BCUT2D eigenvalue weighted by molar-refractivity contribution is 0.125. The summed E-state index contributed by atoms with van der Waals surface area (Å²) in [7, 11) is 1.96. The normalized spacial score (nSPS) is 24.5. The van der Waals surface area contributed by atoms with Crippen LogP contribution >= 0.6 is 0 Å². The first kappa shape index (κ1) is 17.0. The first-order valence-corrected chi connectivity index (χ1v) is 10.5. The van der Waals surface area contributed by atoms with E-state index in [1.165, 1.54) is 74.5 Å². The molecule has 0 aromatic carbocycles. The third-order valence-corrected chi connectivity index (χ3v) is 6.64. The van der Waals surface area contributed by atoms with Crippen LogP contribution in [0.3, 0.4) is 0 Å². The van der Waals surface area contributed by atoms with Crippen LogP contribution in [0.15, 0.2) is 30.9 Å². The van der Waals surface area contributed by atoms with E-state index in [0.717, 1.165) is 17.3 Å². The number of hydrogen-bond acceptors (Lipinski definition) is 3. The van der Waals surface area contributed by atoms with E-state index in [4.69, 9.17) is 4.98 Å². The van der Waals surface area contributed by atoms with Gasteiger partial charge in [0.2, 0.25) is 0 Å². The third kappa shape index (κ3) is 3.29. The standard InChI is InChI=1S/C22H29N5/c1-26-15-18(13-25-26)21-14-24-22-20(21)11-17(12-23-22)16-5-7-19(8-6-16)27-9-3-2-4-10-27/h11-16,19H,2-10H2,1H3,(H,23,24). The van der Waals surface area contributed by atoms with Crippen LogP contribution in [0, 0.1) is 0 Å². The van der Waals surface area contributed by atoms with E-state index in [1.54, 1.807) is 0 Å². The topological polar surface area (TPSA) is 49.7 Å². The molecule has 5 heteroatoms. The maximum absolute atomic E-state index is 4.73. The Morgan fingerprint density at radius 3 is 2.59 bits per heavy atom. The monoisotopic (exact) mass is 363 g/mol. The molecule has 0 spiro atoms. The smallest absolute Gasteiger partial charge is 0.137 e. The maximum Gasteiger partial charge on any atom is 0.137 e. The van der Waals surface area contributed by atoms with Crippen LogP contribution in [0.2, 0.25) is 0 Å². The Hall–Kier alpha value is -2.14. The van der Waals surface area contributed by atoms with Crippen LogP contribution in [0.4, 0.5) is 0 Å². The van der Waals surface area contributed by atoms with Gasteiger partial charge in [-0.1, -0.05) is 6.42 Å². The van der Waals surface area contributed by atoms with Gasteiger partial charge in [-0.05, 0) is 69.2 Å². The van der Waals surface area contributed by atoms with E-state index in [9.17, 15) is 0 Å². The molecule has 1 aliphatic heterocycles. The van der Waals surface area contributed by atoms with Gasteiger partial charge in [0.25, 0.3) is 0 Å². The highest BCUT2D eigenvalue weighted by Gasteiger charge is 2.27. The van der Waals surface area contributed by atoms with Crippen molar-refractivity contribution in [3.05, 3.63) is 36.4 Å². The number of likely N-dealkylation sites (tertiary alicyclic amines) is 1. The molecule has 3 aromatic rings. The zero-order chi connectivity index (χ0) is 18.2. The van der Waals surface area contributed by atoms with Crippen LogP contribution in [-0.4, -0.2) is 43.8 Å². The molecule has 2 fully saturated rings. The minimum atomic E-state index is 0.652. The molecule has 5 nitrogen and oxygen atoms in total. The summed E-state index contributed by atoms with van der Waals surface area (Å²) in [5.74, 6) is 0.652. The van der Waals surface area contributed by atoms with Crippen molar-refractivity contribution in [3.63, 3.8) is 0 Å². The second-order valence-electron chi connectivity index (χ2n) is 8.37. The Bertz CT molecular complexity index is 910.